The van der Waals surface area contributed by atoms with Crippen LogP contribution in [0.2, 0.25) is 0 Å². The van der Waals surface area contributed by atoms with Gasteiger partial charge in [-0.3, -0.25) is 4.79 Å². The fourth-order valence-corrected chi connectivity index (χ4v) is 2.66. The maximum Gasteiger partial charge on any atom is 0.306 e. The van der Waals surface area contributed by atoms with Crippen molar-refractivity contribution < 1.29 is 9.53 Å². The molecule has 0 amide bonds. The Labute approximate surface area is 120 Å². The maximum absolute atomic E-state index is 11.2. The van der Waals surface area contributed by atoms with E-state index in [0.717, 1.165) is 0 Å². The van der Waals surface area contributed by atoms with Crippen LogP contribution in [0.5, 0.6) is 0 Å². The van der Waals surface area contributed by atoms with E-state index in [1.807, 2.05) is 0 Å². The molecule has 2 atom stereocenters. The van der Waals surface area contributed by atoms with E-state index in [0.29, 0.717) is 6.61 Å². The Balaban J connectivity index is 4.21. The molecule has 0 aliphatic rings. The minimum atomic E-state index is -1.44. The average molecular weight is 330 g/mol. The molecule has 0 N–H and O–H groups in total. The Bertz CT molecular complexity index is 216. The second kappa shape index (κ2) is 8.10. The van der Waals surface area contributed by atoms with Crippen molar-refractivity contribution in [2.75, 3.05) is 12.5 Å². The molecule has 0 radical (unpaired) electrons. The lowest BCUT2D eigenvalue weighted by Gasteiger charge is -2.22. The highest BCUT2D eigenvalue weighted by atomic mass is 35.6. The van der Waals surface area contributed by atoms with E-state index in [2.05, 4.69) is 0 Å². The number of carbonyl (C=O) groups excluding carboxylic acids is 1. The molecule has 0 rings (SSSR count). The van der Waals surface area contributed by atoms with Crippen molar-refractivity contribution in [2.24, 2.45) is 5.92 Å². The first-order valence-corrected chi connectivity index (χ1v) is 6.83. The number of esters is 1. The van der Waals surface area contributed by atoms with Gasteiger partial charge in [0.05, 0.1) is 13.0 Å². The molecule has 0 aliphatic heterocycles. The predicted molar refractivity (Wildman–Crippen MR) is 70.0 cm³/mol. The third-order valence-corrected chi connectivity index (χ3v) is 3.24. The molecule has 0 saturated carbocycles. The summed E-state index contributed by atoms with van der Waals surface area (Å²) in [4.78, 5) is 11.2. The Morgan fingerprint density at radius 3 is 2.31 bits per heavy atom. The quantitative estimate of drug-likeness (QED) is 0.540. The highest BCUT2D eigenvalue weighted by Gasteiger charge is 2.30. The zero-order valence-electron chi connectivity index (χ0n) is 8.69. The van der Waals surface area contributed by atoms with Crippen LogP contribution in [0, 0.1) is 5.92 Å². The molecule has 16 heavy (non-hydrogen) atoms. The van der Waals surface area contributed by atoms with E-state index in [1.165, 1.54) is 0 Å². The maximum atomic E-state index is 11.2. The summed E-state index contributed by atoms with van der Waals surface area (Å²) in [6.07, 6.45) is 0.266. The molecule has 0 bridgehead atoms. The summed E-state index contributed by atoms with van der Waals surface area (Å²) in [6.45, 7) is 2.05. The second-order valence-electron chi connectivity index (χ2n) is 3.26. The summed E-state index contributed by atoms with van der Waals surface area (Å²) < 4.78 is 3.36. The van der Waals surface area contributed by atoms with Gasteiger partial charge in [0.15, 0.2) is 3.79 Å². The SMILES string of the molecule is CCOC(=O)CC(CCl)C(Cl)CC(Cl)(Cl)Cl. The monoisotopic (exact) mass is 328 g/mol. The van der Waals surface area contributed by atoms with Crippen LogP contribution >= 0.6 is 58.0 Å². The van der Waals surface area contributed by atoms with Crippen LogP contribution in [-0.2, 0) is 9.53 Å². The van der Waals surface area contributed by atoms with Crippen LogP contribution in [0.25, 0.3) is 0 Å². The lowest BCUT2D eigenvalue weighted by Crippen LogP contribution is -2.25. The van der Waals surface area contributed by atoms with E-state index >= 15 is 0 Å². The predicted octanol–water partition coefficient (Wildman–Crippen LogP) is 4.16. The van der Waals surface area contributed by atoms with E-state index in [9.17, 15) is 4.79 Å². The smallest absolute Gasteiger partial charge is 0.306 e. The van der Waals surface area contributed by atoms with Gasteiger partial charge in [0.25, 0.3) is 0 Å². The van der Waals surface area contributed by atoms with Gasteiger partial charge < -0.3 is 4.74 Å². The molecule has 0 saturated heterocycles. The summed E-state index contributed by atoms with van der Waals surface area (Å²) in [5, 5.41) is -0.477. The van der Waals surface area contributed by atoms with Crippen molar-refractivity contribution >= 4 is 64.0 Å². The molecule has 0 aromatic rings. The van der Waals surface area contributed by atoms with Gasteiger partial charge in [0.1, 0.15) is 0 Å². The van der Waals surface area contributed by atoms with Crippen LogP contribution in [-0.4, -0.2) is 27.6 Å². The molecule has 0 fully saturated rings. The van der Waals surface area contributed by atoms with Gasteiger partial charge in [0.2, 0.25) is 0 Å². The van der Waals surface area contributed by atoms with E-state index in [-0.39, 0.29) is 30.6 Å². The largest absolute Gasteiger partial charge is 0.466 e. The summed E-state index contributed by atoms with van der Waals surface area (Å²) in [5.74, 6) is -0.394. The summed E-state index contributed by atoms with van der Waals surface area (Å²) in [6, 6.07) is 0. The first-order valence-electron chi connectivity index (χ1n) is 4.72. The van der Waals surface area contributed by atoms with Crippen LogP contribution < -0.4 is 0 Å². The standard InChI is InChI=1S/C9H13Cl5O2/c1-2-16-8(15)3-6(5-10)7(11)4-9(12,13)14/h6-7H,2-5H2,1H3. The number of carbonyl (C=O) groups is 1. The minimum Gasteiger partial charge on any atom is -0.466 e. The Kier molecular flexibility index (Phi) is 8.56. The van der Waals surface area contributed by atoms with Crippen LogP contribution in [0.4, 0.5) is 0 Å². The Morgan fingerprint density at radius 1 is 1.38 bits per heavy atom. The number of ether oxygens (including phenoxy) is 1. The highest BCUT2D eigenvalue weighted by Crippen LogP contribution is 2.36. The van der Waals surface area contributed by atoms with E-state index in [4.69, 9.17) is 62.7 Å². The lowest BCUT2D eigenvalue weighted by atomic mass is 10.0. The van der Waals surface area contributed by atoms with Crippen LogP contribution in [0.3, 0.4) is 0 Å². The molecule has 0 heterocycles. The number of hydrogen-bond donors (Lipinski definition) is 0. The summed E-state index contributed by atoms with van der Waals surface area (Å²) in [7, 11) is 0. The molecule has 0 aromatic heterocycles. The molecular weight excluding hydrogens is 317 g/mol. The zero-order chi connectivity index (χ0) is 12.8. The van der Waals surface area contributed by atoms with Gasteiger partial charge in [-0.1, -0.05) is 34.8 Å². The molecule has 0 aromatic carbocycles. The van der Waals surface area contributed by atoms with Crippen molar-refractivity contribution in [1.82, 2.24) is 0 Å². The molecule has 0 spiro atoms. The van der Waals surface area contributed by atoms with Crippen LogP contribution in [0.15, 0.2) is 0 Å². The molecule has 2 unspecified atom stereocenters. The average Bonchev–Trinajstić information content (AvgIpc) is 2.11. The summed E-state index contributed by atoms with van der Waals surface area (Å²) >= 11 is 28.6. The van der Waals surface area contributed by atoms with E-state index < -0.39 is 9.17 Å². The highest BCUT2D eigenvalue weighted by molar-refractivity contribution is 6.67. The zero-order valence-corrected chi connectivity index (χ0v) is 12.5. The van der Waals surface area contributed by atoms with Crippen molar-refractivity contribution in [1.29, 1.82) is 0 Å². The van der Waals surface area contributed by atoms with Crippen molar-refractivity contribution in [3.8, 4) is 0 Å². The summed E-state index contributed by atoms with van der Waals surface area (Å²) in [5.41, 5.74) is 0. The molecule has 96 valence electrons. The molecule has 2 nitrogen and oxygen atoms in total. The number of hydrogen-bond acceptors (Lipinski definition) is 2. The molecular formula is C9H13Cl5O2. The number of halogens is 5. The molecule has 0 aliphatic carbocycles. The number of rotatable bonds is 6. The van der Waals surface area contributed by atoms with Crippen molar-refractivity contribution in [3.63, 3.8) is 0 Å². The first-order chi connectivity index (χ1) is 7.30. The molecule has 7 heteroatoms. The third kappa shape index (κ3) is 8.08. The van der Waals surface area contributed by atoms with Crippen molar-refractivity contribution in [3.05, 3.63) is 0 Å². The third-order valence-electron chi connectivity index (χ3n) is 1.87. The normalized spacial score (nSPS) is 15.6. The van der Waals surface area contributed by atoms with E-state index in [1.54, 1.807) is 6.92 Å². The van der Waals surface area contributed by atoms with Gasteiger partial charge in [-0.2, -0.15) is 0 Å². The van der Waals surface area contributed by atoms with Gasteiger partial charge in [-0.25, -0.2) is 0 Å². The van der Waals surface area contributed by atoms with Gasteiger partial charge >= 0.3 is 5.97 Å². The fourth-order valence-electron chi connectivity index (χ4n) is 1.10. The topological polar surface area (TPSA) is 26.3 Å². The lowest BCUT2D eigenvalue weighted by molar-refractivity contribution is -0.144. The Hall–Kier alpha value is 0.920. The van der Waals surface area contributed by atoms with Crippen LogP contribution in [0.1, 0.15) is 19.8 Å². The first kappa shape index (κ1) is 16.9. The van der Waals surface area contributed by atoms with Gasteiger partial charge in [-0.15, -0.1) is 23.2 Å². The van der Waals surface area contributed by atoms with Gasteiger partial charge in [0, 0.05) is 17.7 Å². The van der Waals surface area contributed by atoms with Crippen molar-refractivity contribution in [2.45, 2.75) is 28.9 Å². The second-order valence-corrected chi connectivity index (χ2v) is 6.64. The Morgan fingerprint density at radius 2 is 1.94 bits per heavy atom. The number of alkyl halides is 5. The minimum absolute atomic E-state index is 0.131. The van der Waals surface area contributed by atoms with Gasteiger partial charge in [-0.05, 0) is 12.8 Å². The fraction of sp³-hybridized carbons (Fsp3) is 0.889.